The summed E-state index contributed by atoms with van der Waals surface area (Å²) >= 11 is 0. The van der Waals surface area contributed by atoms with E-state index in [1.54, 1.807) is 5.57 Å². The number of rotatable bonds is 1. The molecule has 1 heterocycles. The van der Waals surface area contributed by atoms with Crippen LogP contribution in [-0.4, -0.2) is 6.54 Å². The first kappa shape index (κ1) is 17.5. The Balaban J connectivity index is 0.000000659. The summed E-state index contributed by atoms with van der Waals surface area (Å²) in [6.45, 7) is 11.5. The van der Waals surface area contributed by atoms with E-state index in [-0.39, 0.29) is 0 Å². The van der Waals surface area contributed by atoms with Gasteiger partial charge in [0.05, 0.1) is 0 Å². The Morgan fingerprint density at radius 2 is 1.83 bits per heavy atom. The lowest BCUT2D eigenvalue weighted by atomic mass is 9.81. The van der Waals surface area contributed by atoms with Crippen molar-refractivity contribution in [2.75, 3.05) is 6.54 Å². The van der Waals surface area contributed by atoms with Crippen molar-refractivity contribution in [3.8, 4) is 0 Å². The first-order valence-corrected chi connectivity index (χ1v) is 8.07. The molecule has 1 saturated carbocycles. The second-order valence-electron chi connectivity index (χ2n) is 4.69. The van der Waals surface area contributed by atoms with Gasteiger partial charge in [-0.05, 0) is 36.7 Å². The topological polar surface area (TPSA) is 24.1 Å². The van der Waals surface area contributed by atoms with Crippen LogP contribution in [0, 0.1) is 11.8 Å². The molecule has 2 aliphatic rings. The van der Waals surface area contributed by atoms with Crippen molar-refractivity contribution in [3.05, 3.63) is 11.8 Å². The maximum absolute atomic E-state index is 3.23. The van der Waals surface area contributed by atoms with Gasteiger partial charge in [-0.1, -0.05) is 53.9 Å². The summed E-state index contributed by atoms with van der Waals surface area (Å²) in [6, 6.07) is 0. The Labute approximate surface area is 115 Å². The normalized spacial score (nSPS) is 26.6. The molecule has 0 spiro atoms. The van der Waals surface area contributed by atoms with E-state index >= 15 is 0 Å². The Morgan fingerprint density at radius 1 is 1.11 bits per heavy atom. The van der Waals surface area contributed by atoms with Crippen LogP contribution in [0.3, 0.4) is 0 Å². The zero-order chi connectivity index (χ0) is 13.8. The van der Waals surface area contributed by atoms with E-state index in [4.69, 9.17) is 0 Å². The van der Waals surface area contributed by atoms with Gasteiger partial charge in [0.25, 0.3) is 0 Å². The quantitative estimate of drug-likeness (QED) is 0.712. The zero-order valence-electron chi connectivity index (χ0n) is 13.2. The van der Waals surface area contributed by atoms with Crippen molar-refractivity contribution in [1.82, 2.24) is 10.9 Å². The fraction of sp³-hybridized carbons (Fsp3) is 0.875. The van der Waals surface area contributed by atoms with E-state index in [9.17, 15) is 0 Å². The maximum atomic E-state index is 3.23. The van der Waals surface area contributed by atoms with Crippen LogP contribution in [0.15, 0.2) is 11.8 Å². The monoisotopic (exact) mass is 254 g/mol. The molecule has 2 nitrogen and oxygen atoms in total. The highest BCUT2D eigenvalue weighted by Gasteiger charge is 2.21. The third kappa shape index (κ3) is 5.90. The molecule has 0 amide bonds. The molecule has 0 radical (unpaired) electrons. The average Bonchev–Trinajstić information content (AvgIpc) is 2.44. The minimum atomic E-state index is 0.814. The lowest BCUT2D eigenvalue weighted by molar-refractivity contribution is 0.338. The fourth-order valence-corrected chi connectivity index (χ4v) is 2.71. The number of nitrogens with one attached hydrogen (secondary N) is 2. The highest BCUT2D eigenvalue weighted by atomic mass is 15.3. The lowest BCUT2D eigenvalue weighted by Crippen LogP contribution is -2.38. The Kier molecular flexibility index (Phi) is 11.3. The van der Waals surface area contributed by atoms with E-state index in [1.807, 2.05) is 27.7 Å². The van der Waals surface area contributed by atoms with Gasteiger partial charge in [-0.25, -0.2) is 5.43 Å². The van der Waals surface area contributed by atoms with Crippen molar-refractivity contribution in [2.45, 2.75) is 73.1 Å². The number of hydrogen-bond acceptors (Lipinski definition) is 2. The highest BCUT2D eigenvalue weighted by molar-refractivity contribution is 5.09. The molecule has 2 heteroatoms. The Morgan fingerprint density at radius 3 is 2.50 bits per heavy atom. The van der Waals surface area contributed by atoms with Gasteiger partial charge in [-0.2, -0.15) is 0 Å². The third-order valence-corrected chi connectivity index (χ3v) is 3.82. The van der Waals surface area contributed by atoms with Crippen LogP contribution in [0.2, 0.25) is 0 Å². The van der Waals surface area contributed by atoms with Crippen molar-refractivity contribution in [2.24, 2.45) is 11.8 Å². The van der Waals surface area contributed by atoms with Gasteiger partial charge in [-0.3, -0.25) is 0 Å². The summed E-state index contributed by atoms with van der Waals surface area (Å²) in [5.41, 5.74) is 8.04. The molecule has 0 bridgehead atoms. The summed E-state index contributed by atoms with van der Waals surface area (Å²) in [7, 11) is 0. The van der Waals surface area contributed by atoms with Gasteiger partial charge in [-0.15, -0.1) is 0 Å². The highest BCUT2D eigenvalue weighted by Crippen LogP contribution is 2.31. The molecule has 0 aromatic heterocycles. The molecule has 0 saturated heterocycles. The predicted octanol–water partition coefficient (Wildman–Crippen LogP) is 4.64. The average molecular weight is 254 g/mol. The van der Waals surface area contributed by atoms with Crippen LogP contribution in [0.1, 0.15) is 73.1 Å². The second-order valence-corrected chi connectivity index (χ2v) is 4.69. The smallest absolute Gasteiger partial charge is 0.0214 e. The van der Waals surface area contributed by atoms with Gasteiger partial charge in [0.1, 0.15) is 0 Å². The molecule has 2 unspecified atom stereocenters. The summed E-state index contributed by atoms with van der Waals surface area (Å²) in [4.78, 5) is 0. The van der Waals surface area contributed by atoms with Crippen molar-refractivity contribution < 1.29 is 0 Å². The van der Waals surface area contributed by atoms with Gasteiger partial charge < -0.3 is 5.43 Å². The van der Waals surface area contributed by atoms with Gasteiger partial charge in [0.2, 0.25) is 0 Å². The SMILES string of the molecule is CC.CC.CCC1CCCC2CNNC=C2CC1. The van der Waals surface area contributed by atoms with Gasteiger partial charge in [0.15, 0.2) is 0 Å². The van der Waals surface area contributed by atoms with E-state index in [0.717, 1.165) is 18.4 Å². The number of hydrazine groups is 1. The van der Waals surface area contributed by atoms with Crippen LogP contribution in [0.4, 0.5) is 0 Å². The molecule has 0 aromatic carbocycles. The molecule has 0 aromatic rings. The number of hydrogen-bond donors (Lipinski definition) is 2. The van der Waals surface area contributed by atoms with E-state index in [0.29, 0.717) is 0 Å². The summed E-state index contributed by atoms with van der Waals surface area (Å²) < 4.78 is 0. The summed E-state index contributed by atoms with van der Waals surface area (Å²) in [6.07, 6.45) is 10.5. The summed E-state index contributed by atoms with van der Waals surface area (Å²) in [5.74, 6) is 1.79. The molecule has 1 fully saturated rings. The molecule has 2 rings (SSSR count). The van der Waals surface area contributed by atoms with Crippen LogP contribution in [-0.2, 0) is 0 Å². The summed E-state index contributed by atoms with van der Waals surface area (Å²) in [5, 5.41) is 0. The van der Waals surface area contributed by atoms with Crippen molar-refractivity contribution in [3.63, 3.8) is 0 Å². The molecule has 18 heavy (non-hydrogen) atoms. The molecular weight excluding hydrogens is 220 g/mol. The van der Waals surface area contributed by atoms with Crippen LogP contribution < -0.4 is 10.9 Å². The second kappa shape index (κ2) is 11.6. The van der Waals surface area contributed by atoms with E-state index < -0.39 is 0 Å². The van der Waals surface area contributed by atoms with Crippen LogP contribution >= 0.6 is 0 Å². The van der Waals surface area contributed by atoms with Gasteiger partial charge >= 0.3 is 0 Å². The first-order valence-electron chi connectivity index (χ1n) is 8.07. The fourth-order valence-electron chi connectivity index (χ4n) is 2.71. The largest absolute Gasteiger partial charge is 0.329 e. The van der Waals surface area contributed by atoms with Crippen molar-refractivity contribution >= 4 is 0 Å². The van der Waals surface area contributed by atoms with E-state index in [2.05, 4.69) is 24.0 Å². The van der Waals surface area contributed by atoms with E-state index in [1.165, 1.54) is 38.5 Å². The van der Waals surface area contributed by atoms with Crippen molar-refractivity contribution in [1.29, 1.82) is 0 Å². The zero-order valence-corrected chi connectivity index (χ0v) is 13.2. The van der Waals surface area contributed by atoms with Crippen LogP contribution in [0.25, 0.3) is 0 Å². The molecular formula is C16H34N2. The minimum absolute atomic E-state index is 0.814. The molecule has 2 N–H and O–H groups in total. The minimum Gasteiger partial charge on any atom is -0.329 e. The number of fused-ring (bicyclic) bond motifs is 1. The van der Waals surface area contributed by atoms with Crippen LogP contribution in [0.5, 0.6) is 0 Å². The molecule has 1 aliphatic carbocycles. The maximum Gasteiger partial charge on any atom is 0.0214 e. The third-order valence-electron chi connectivity index (χ3n) is 3.82. The molecule has 1 aliphatic heterocycles. The predicted molar refractivity (Wildman–Crippen MR) is 82.3 cm³/mol. The lowest BCUT2D eigenvalue weighted by Gasteiger charge is -2.30. The van der Waals surface area contributed by atoms with Gasteiger partial charge in [0, 0.05) is 12.7 Å². The molecule has 2 atom stereocenters. The standard InChI is InChI=1S/C12H22N2.2C2H6/c1-2-10-4-3-5-11-8-13-14-9-12(11)7-6-10;2*1-2/h9-11,13-14H,2-8H2,1H3;2*1-2H3. The first-order chi connectivity index (χ1) is 8.90. The molecule has 108 valence electrons. The Hall–Kier alpha value is -0.500. The Bertz CT molecular complexity index is 211.